The Kier molecular flexibility index (Phi) is 7.45. The third-order valence-electron chi connectivity index (χ3n) is 1.91. The molecular formula is C12H28O4Si3. The Balaban J connectivity index is 4.35. The van der Waals surface area contributed by atoms with E-state index >= 15 is 0 Å². The lowest BCUT2D eigenvalue weighted by atomic mass is 10.4. The number of carbonyl (C=O) groups excluding carboxylic acids is 1. The van der Waals surface area contributed by atoms with Crippen LogP contribution in [0, 0.1) is 0 Å². The van der Waals surface area contributed by atoms with E-state index < -0.39 is 26.2 Å². The van der Waals surface area contributed by atoms with Gasteiger partial charge in [-0.25, -0.2) is 4.79 Å². The van der Waals surface area contributed by atoms with E-state index in [9.17, 15) is 4.79 Å². The summed E-state index contributed by atoms with van der Waals surface area (Å²) in [6.07, 6.45) is 0.436. The van der Waals surface area contributed by atoms with Crippen LogP contribution >= 0.6 is 0 Å². The standard InChI is InChI=1S/C12H28O4Si3/c1-10(2)11(13)14-9-17-12(15-18(3,4)5)16-19(6,7)8/h12H,1,9,17H2,2-8H3. The lowest BCUT2D eigenvalue weighted by Gasteiger charge is -2.31. The molecule has 0 aliphatic heterocycles. The first-order valence-electron chi connectivity index (χ1n) is 6.59. The Bertz CT molecular complexity index is 302. The highest BCUT2D eigenvalue weighted by Crippen LogP contribution is 2.13. The molecule has 0 radical (unpaired) electrons. The summed E-state index contributed by atoms with van der Waals surface area (Å²) in [5.41, 5.74) is 0.433. The van der Waals surface area contributed by atoms with Gasteiger partial charge < -0.3 is 13.6 Å². The van der Waals surface area contributed by atoms with Crippen LogP contribution in [-0.4, -0.2) is 44.3 Å². The van der Waals surface area contributed by atoms with Gasteiger partial charge in [0.1, 0.15) is 15.4 Å². The van der Waals surface area contributed by atoms with Gasteiger partial charge in [-0.2, -0.15) is 0 Å². The average molecular weight is 321 g/mol. The SMILES string of the molecule is C=C(C)C(=O)OC[SiH2]C(O[Si](C)(C)C)O[Si](C)(C)C. The maximum absolute atomic E-state index is 11.3. The highest BCUT2D eigenvalue weighted by Gasteiger charge is 2.27. The van der Waals surface area contributed by atoms with Crippen LogP contribution in [0.25, 0.3) is 0 Å². The van der Waals surface area contributed by atoms with Crippen LogP contribution in [-0.2, 0) is 18.4 Å². The fourth-order valence-corrected chi connectivity index (χ4v) is 7.51. The lowest BCUT2D eigenvalue weighted by Crippen LogP contribution is -2.44. The van der Waals surface area contributed by atoms with Gasteiger partial charge >= 0.3 is 5.97 Å². The number of hydrogen-bond donors (Lipinski definition) is 0. The van der Waals surface area contributed by atoms with Crippen LogP contribution in [0.5, 0.6) is 0 Å². The van der Waals surface area contributed by atoms with Crippen molar-refractivity contribution >= 4 is 32.1 Å². The number of carbonyl (C=O) groups is 1. The van der Waals surface area contributed by atoms with Crippen LogP contribution in [0.15, 0.2) is 12.2 Å². The molecule has 0 rings (SSSR count). The number of hydrogen-bond acceptors (Lipinski definition) is 4. The highest BCUT2D eigenvalue weighted by atomic mass is 28.4. The molecule has 4 nitrogen and oxygen atoms in total. The van der Waals surface area contributed by atoms with Gasteiger partial charge in [-0.15, -0.1) is 0 Å². The van der Waals surface area contributed by atoms with Gasteiger partial charge in [-0.05, 0) is 46.2 Å². The van der Waals surface area contributed by atoms with Crippen molar-refractivity contribution in [3.05, 3.63) is 12.2 Å². The largest absolute Gasteiger partial charge is 0.467 e. The van der Waals surface area contributed by atoms with Crippen molar-refractivity contribution in [3.63, 3.8) is 0 Å². The summed E-state index contributed by atoms with van der Waals surface area (Å²) in [5.74, 6) is -0.469. The molecular weight excluding hydrogens is 292 g/mol. The molecule has 0 atom stereocenters. The van der Waals surface area contributed by atoms with Crippen LogP contribution < -0.4 is 0 Å². The van der Waals surface area contributed by atoms with Crippen LogP contribution in [0.3, 0.4) is 0 Å². The fourth-order valence-electron chi connectivity index (χ4n) is 1.30. The predicted octanol–water partition coefficient (Wildman–Crippen LogP) is 2.22. The van der Waals surface area contributed by atoms with E-state index in [-0.39, 0.29) is 11.9 Å². The van der Waals surface area contributed by atoms with Gasteiger partial charge in [0.15, 0.2) is 16.6 Å². The summed E-state index contributed by atoms with van der Waals surface area (Å²) in [7, 11) is -4.06. The fraction of sp³-hybridized carbons (Fsp3) is 0.750. The molecule has 0 amide bonds. The van der Waals surface area contributed by atoms with Crippen molar-refractivity contribution < 1.29 is 18.4 Å². The molecule has 0 aromatic rings. The third kappa shape index (κ3) is 11.3. The zero-order valence-electron chi connectivity index (χ0n) is 13.3. The van der Waals surface area contributed by atoms with E-state index in [2.05, 4.69) is 45.9 Å². The minimum absolute atomic E-state index is 0.142. The molecule has 0 aromatic carbocycles. The number of rotatable bonds is 8. The van der Waals surface area contributed by atoms with Crippen LogP contribution in [0.1, 0.15) is 6.92 Å². The zero-order chi connectivity index (χ0) is 15.3. The Morgan fingerprint density at radius 1 is 1.11 bits per heavy atom. The molecule has 0 unspecified atom stereocenters. The molecule has 0 bridgehead atoms. The Morgan fingerprint density at radius 3 is 1.84 bits per heavy atom. The second-order valence-corrected chi connectivity index (χ2v) is 17.2. The minimum Gasteiger partial charge on any atom is -0.467 e. The van der Waals surface area contributed by atoms with Gasteiger partial charge in [-0.3, -0.25) is 0 Å². The van der Waals surface area contributed by atoms with E-state index in [0.29, 0.717) is 11.8 Å². The zero-order valence-corrected chi connectivity index (χ0v) is 16.7. The molecule has 0 aromatic heterocycles. The smallest absolute Gasteiger partial charge is 0.332 e. The minimum atomic E-state index is -1.65. The summed E-state index contributed by atoms with van der Waals surface area (Å²) in [6, 6.07) is 0. The van der Waals surface area contributed by atoms with Crippen molar-refractivity contribution in [1.82, 2.24) is 0 Å². The Labute approximate surface area is 121 Å². The van der Waals surface area contributed by atoms with E-state index in [1.807, 2.05) is 0 Å². The predicted molar refractivity (Wildman–Crippen MR) is 87.0 cm³/mol. The second kappa shape index (κ2) is 7.53. The Morgan fingerprint density at radius 2 is 1.53 bits per heavy atom. The molecule has 0 saturated heterocycles. The molecule has 7 heteroatoms. The molecule has 112 valence electrons. The van der Waals surface area contributed by atoms with Gasteiger partial charge in [-0.1, -0.05) is 6.58 Å². The summed E-state index contributed by atoms with van der Waals surface area (Å²) >= 11 is 0. The van der Waals surface area contributed by atoms with Gasteiger partial charge in [0.2, 0.25) is 0 Å². The maximum Gasteiger partial charge on any atom is 0.332 e. The summed E-state index contributed by atoms with van der Waals surface area (Å²) in [5, 5.41) is 0. The maximum atomic E-state index is 11.3. The molecule has 0 aliphatic rings. The van der Waals surface area contributed by atoms with E-state index in [1.165, 1.54) is 0 Å². The molecule has 0 saturated carbocycles. The van der Waals surface area contributed by atoms with Gasteiger partial charge in [0.05, 0.1) is 6.23 Å². The highest BCUT2D eigenvalue weighted by molar-refractivity contribution is 6.71. The van der Waals surface area contributed by atoms with Crippen molar-refractivity contribution in [2.24, 2.45) is 0 Å². The molecule has 0 N–H and O–H groups in total. The first-order chi connectivity index (χ1) is 8.41. The van der Waals surface area contributed by atoms with Crippen LogP contribution in [0.4, 0.5) is 0 Å². The quantitative estimate of drug-likeness (QED) is 0.298. The van der Waals surface area contributed by atoms with Gasteiger partial charge in [0.25, 0.3) is 0 Å². The third-order valence-corrected chi connectivity index (χ3v) is 5.76. The first-order valence-corrected chi connectivity index (χ1v) is 15.2. The van der Waals surface area contributed by atoms with E-state index in [4.69, 9.17) is 13.6 Å². The molecule has 19 heavy (non-hydrogen) atoms. The monoisotopic (exact) mass is 320 g/mol. The van der Waals surface area contributed by atoms with Crippen LogP contribution in [0.2, 0.25) is 39.3 Å². The summed E-state index contributed by atoms with van der Waals surface area (Å²) in [4.78, 5) is 11.3. The first kappa shape index (κ1) is 18.8. The molecule has 0 spiro atoms. The molecule has 0 aliphatic carbocycles. The van der Waals surface area contributed by atoms with Crippen molar-refractivity contribution in [2.45, 2.75) is 52.1 Å². The molecule has 0 fully saturated rings. The summed E-state index contributed by atoms with van der Waals surface area (Å²) < 4.78 is 17.3. The number of ether oxygens (including phenoxy) is 1. The average Bonchev–Trinajstić information content (AvgIpc) is 2.11. The summed E-state index contributed by atoms with van der Waals surface area (Å²) in [6.45, 7) is 18.1. The van der Waals surface area contributed by atoms with Crippen molar-refractivity contribution in [1.29, 1.82) is 0 Å². The van der Waals surface area contributed by atoms with E-state index in [1.54, 1.807) is 6.92 Å². The van der Waals surface area contributed by atoms with Crippen molar-refractivity contribution in [3.8, 4) is 0 Å². The Hall–Kier alpha value is -0.219. The van der Waals surface area contributed by atoms with Crippen molar-refractivity contribution in [2.75, 3.05) is 6.23 Å². The second-order valence-electron chi connectivity index (χ2n) is 6.59. The number of esters is 1. The van der Waals surface area contributed by atoms with Gasteiger partial charge in [0, 0.05) is 5.57 Å². The lowest BCUT2D eigenvalue weighted by molar-refractivity contribution is -0.137. The normalized spacial score (nSPS) is 13.3. The van der Waals surface area contributed by atoms with E-state index in [0.717, 1.165) is 0 Å². The molecule has 0 heterocycles. The topological polar surface area (TPSA) is 44.8 Å².